The molecule has 2 fully saturated rings. The van der Waals surface area contributed by atoms with Crippen molar-refractivity contribution in [1.82, 2.24) is 10.2 Å². The monoisotopic (exact) mass is 546 g/mol. The first kappa shape index (κ1) is 33.8. The summed E-state index contributed by atoms with van der Waals surface area (Å²) >= 11 is 0. The predicted molar refractivity (Wildman–Crippen MR) is 148 cm³/mol. The van der Waals surface area contributed by atoms with Gasteiger partial charge in [-0.1, -0.05) is 34.6 Å². The smallest absolute Gasteiger partial charge is 0.159 e. The number of ether oxygens (including phenoxy) is 3. The lowest BCUT2D eigenvalue weighted by molar-refractivity contribution is -0.271. The number of rotatable bonds is 4. The van der Waals surface area contributed by atoms with Crippen molar-refractivity contribution >= 4 is 0 Å². The normalized spacial score (nSPS) is 48.9. The summed E-state index contributed by atoms with van der Waals surface area (Å²) in [5.74, 6) is -1.33. The molecule has 226 valence electrons. The van der Waals surface area contributed by atoms with Crippen LogP contribution >= 0.6 is 0 Å². The Morgan fingerprint density at radius 3 is 2.13 bits per heavy atom. The van der Waals surface area contributed by atoms with Gasteiger partial charge in [0.1, 0.15) is 0 Å². The van der Waals surface area contributed by atoms with Crippen LogP contribution in [0.2, 0.25) is 0 Å². The molecule has 0 bridgehead atoms. The summed E-state index contributed by atoms with van der Waals surface area (Å²) in [6.07, 6.45) is -1.99. The van der Waals surface area contributed by atoms with E-state index in [4.69, 9.17) is 14.2 Å². The molecular weight excluding hydrogens is 488 g/mol. The first-order chi connectivity index (χ1) is 17.6. The van der Waals surface area contributed by atoms with Crippen LogP contribution in [-0.2, 0) is 14.2 Å². The SMILES string of the molecule is CC[C@@H]1OC(O)C(C)[C@H](O)C(C)C(O[C@H]2CC(N(C)C)CC(C)O2)C(C)(O)CC(C)CN[C@H](C)C(O)C1C. The van der Waals surface area contributed by atoms with E-state index in [0.717, 1.165) is 6.42 Å². The summed E-state index contributed by atoms with van der Waals surface area (Å²) in [4.78, 5) is 2.17. The number of aliphatic hydroxyl groups excluding tert-OH is 3. The van der Waals surface area contributed by atoms with Crippen LogP contribution in [0.5, 0.6) is 0 Å². The van der Waals surface area contributed by atoms with E-state index in [1.807, 2.05) is 48.7 Å². The lowest BCUT2D eigenvalue weighted by Gasteiger charge is -2.45. The van der Waals surface area contributed by atoms with Crippen LogP contribution in [0.1, 0.15) is 81.1 Å². The first-order valence-corrected chi connectivity index (χ1v) is 14.7. The van der Waals surface area contributed by atoms with E-state index in [1.165, 1.54) is 0 Å². The molecule has 0 aromatic heterocycles. The Balaban J connectivity index is 2.39. The van der Waals surface area contributed by atoms with Crippen molar-refractivity contribution in [2.24, 2.45) is 23.7 Å². The molecule has 38 heavy (non-hydrogen) atoms. The molecule has 9 nitrogen and oxygen atoms in total. The van der Waals surface area contributed by atoms with Gasteiger partial charge in [0, 0.05) is 36.3 Å². The van der Waals surface area contributed by atoms with Gasteiger partial charge < -0.3 is 44.9 Å². The molecule has 2 saturated heterocycles. The Morgan fingerprint density at radius 1 is 0.921 bits per heavy atom. The second kappa shape index (κ2) is 14.5. The fourth-order valence-corrected chi connectivity index (χ4v) is 6.38. The van der Waals surface area contributed by atoms with Gasteiger partial charge in [0.2, 0.25) is 0 Å². The molecular formula is C29H58N2O7. The minimum absolute atomic E-state index is 0.00624. The summed E-state index contributed by atoms with van der Waals surface area (Å²) in [6, 6.07) is 0.0840. The molecule has 0 aliphatic carbocycles. The first-order valence-electron chi connectivity index (χ1n) is 14.7. The van der Waals surface area contributed by atoms with Crippen molar-refractivity contribution in [3.8, 4) is 0 Å². The minimum Gasteiger partial charge on any atom is -0.392 e. The van der Waals surface area contributed by atoms with Crippen molar-refractivity contribution < 1.29 is 34.6 Å². The van der Waals surface area contributed by atoms with Gasteiger partial charge in [0.15, 0.2) is 12.6 Å². The highest BCUT2D eigenvalue weighted by Crippen LogP contribution is 2.36. The number of hydrogen-bond donors (Lipinski definition) is 5. The van der Waals surface area contributed by atoms with Gasteiger partial charge in [0.25, 0.3) is 0 Å². The number of nitrogens with zero attached hydrogens (tertiary/aromatic N) is 1. The molecule has 0 aromatic rings. The fraction of sp³-hybridized carbons (Fsp3) is 1.00. The van der Waals surface area contributed by atoms with Crippen LogP contribution in [0.3, 0.4) is 0 Å². The van der Waals surface area contributed by atoms with Gasteiger partial charge in [0.05, 0.1) is 36.1 Å². The van der Waals surface area contributed by atoms with E-state index in [9.17, 15) is 20.4 Å². The third kappa shape index (κ3) is 8.82. The molecule has 0 aromatic carbocycles. The highest BCUT2D eigenvalue weighted by Gasteiger charge is 2.46. The van der Waals surface area contributed by atoms with Crippen molar-refractivity contribution in [2.45, 2.75) is 142 Å². The van der Waals surface area contributed by atoms with Crippen molar-refractivity contribution in [1.29, 1.82) is 0 Å². The molecule has 2 aliphatic heterocycles. The second-order valence-electron chi connectivity index (χ2n) is 12.9. The Kier molecular flexibility index (Phi) is 12.9. The zero-order valence-corrected chi connectivity index (χ0v) is 25.5. The van der Waals surface area contributed by atoms with Crippen LogP contribution in [-0.4, -0.2) is 107 Å². The van der Waals surface area contributed by atoms with E-state index in [-0.39, 0.29) is 36.1 Å². The number of nitrogens with one attached hydrogen (secondary N) is 1. The number of aliphatic hydroxyl groups is 4. The Morgan fingerprint density at radius 2 is 1.55 bits per heavy atom. The summed E-state index contributed by atoms with van der Waals surface area (Å²) in [7, 11) is 4.10. The van der Waals surface area contributed by atoms with Crippen LogP contribution in [0.4, 0.5) is 0 Å². The highest BCUT2D eigenvalue weighted by atomic mass is 16.7. The van der Waals surface area contributed by atoms with Gasteiger partial charge in [-0.25, -0.2) is 0 Å². The minimum atomic E-state index is -1.29. The van der Waals surface area contributed by atoms with E-state index >= 15 is 0 Å². The van der Waals surface area contributed by atoms with Gasteiger partial charge in [-0.05, 0) is 66.6 Å². The van der Waals surface area contributed by atoms with E-state index in [2.05, 4.69) is 17.1 Å². The third-order valence-corrected chi connectivity index (χ3v) is 9.00. The second-order valence-corrected chi connectivity index (χ2v) is 12.9. The van der Waals surface area contributed by atoms with Gasteiger partial charge >= 0.3 is 0 Å². The average Bonchev–Trinajstić information content (AvgIpc) is 2.85. The fourth-order valence-electron chi connectivity index (χ4n) is 6.38. The molecule has 14 atom stereocenters. The lowest BCUT2D eigenvalue weighted by atomic mass is 9.78. The topological polar surface area (TPSA) is 124 Å². The van der Waals surface area contributed by atoms with Crippen molar-refractivity contribution in [3.63, 3.8) is 0 Å². The summed E-state index contributed by atoms with van der Waals surface area (Å²) in [5, 5.41) is 48.7. The van der Waals surface area contributed by atoms with Crippen LogP contribution in [0.15, 0.2) is 0 Å². The van der Waals surface area contributed by atoms with Gasteiger partial charge in [-0.3, -0.25) is 0 Å². The summed E-state index contributed by atoms with van der Waals surface area (Å²) in [5.41, 5.74) is -1.29. The van der Waals surface area contributed by atoms with Gasteiger partial charge in [-0.2, -0.15) is 0 Å². The summed E-state index contributed by atoms with van der Waals surface area (Å²) < 4.78 is 18.7. The molecule has 0 spiro atoms. The average molecular weight is 547 g/mol. The molecule has 10 unspecified atom stereocenters. The largest absolute Gasteiger partial charge is 0.392 e. The van der Waals surface area contributed by atoms with Crippen molar-refractivity contribution in [3.05, 3.63) is 0 Å². The third-order valence-electron chi connectivity index (χ3n) is 9.00. The molecule has 0 amide bonds. The van der Waals surface area contributed by atoms with E-state index in [1.54, 1.807) is 13.8 Å². The number of hydrogen-bond acceptors (Lipinski definition) is 9. The quantitative estimate of drug-likeness (QED) is 0.361. The molecule has 2 rings (SSSR count). The molecule has 9 heteroatoms. The van der Waals surface area contributed by atoms with Crippen molar-refractivity contribution in [2.75, 3.05) is 20.6 Å². The Bertz CT molecular complexity index is 696. The molecule has 2 heterocycles. The molecule has 0 saturated carbocycles. The Hall–Kier alpha value is -0.360. The van der Waals surface area contributed by atoms with E-state index < -0.39 is 48.3 Å². The van der Waals surface area contributed by atoms with Crippen LogP contribution in [0, 0.1) is 23.7 Å². The molecule has 0 radical (unpaired) electrons. The lowest BCUT2D eigenvalue weighted by Crippen LogP contribution is -2.55. The van der Waals surface area contributed by atoms with Crippen LogP contribution in [0.25, 0.3) is 0 Å². The maximum atomic E-state index is 11.8. The summed E-state index contributed by atoms with van der Waals surface area (Å²) in [6.45, 7) is 15.9. The predicted octanol–water partition coefficient (Wildman–Crippen LogP) is 2.34. The van der Waals surface area contributed by atoms with E-state index in [0.29, 0.717) is 25.8 Å². The maximum Gasteiger partial charge on any atom is 0.159 e. The standard InChI is InChI=1S/C29H58N2O7/c1-11-23-18(4)26(33)21(7)30-15-16(2)14-29(8,35)27(19(5)25(32)20(6)28(34)37-23)38-24-13-22(31(9)10)12-17(3)36-24/h16-28,30,32-35H,11-15H2,1-10H3/t16?,17?,18?,19?,20?,21-,22?,23+,24+,25-,26?,27?,28?,29?/m1/s1. The maximum absolute atomic E-state index is 11.8. The zero-order chi connectivity index (χ0) is 28.9. The molecule has 2 aliphatic rings. The highest BCUT2D eigenvalue weighted by molar-refractivity contribution is 4.94. The molecule has 5 N–H and O–H groups in total. The van der Waals surface area contributed by atoms with Gasteiger partial charge in [-0.15, -0.1) is 0 Å². The zero-order valence-electron chi connectivity index (χ0n) is 25.5. The Labute approximate surface area is 231 Å². The van der Waals surface area contributed by atoms with Crippen LogP contribution < -0.4 is 5.32 Å².